The number of rotatable bonds is 2. The van der Waals surface area contributed by atoms with Gasteiger partial charge < -0.3 is 0 Å². The van der Waals surface area contributed by atoms with Gasteiger partial charge in [-0.15, -0.1) is 23.1 Å². The molecular weight excluding hydrogens is 426 g/mol. The highest BCUT2D eigenvalue weighted by Gasteiger charge is 2.28. The smallest absolute Gasteiger partial charge is 0.124 e. The molecule has 0 amide bonds. The van der Waals surface area contributed by atoms with E-state index in [1.54, 1.807) is 11.3 Å². The topological polar surface area (TPSA) is 12.9 Å². The van der Waals surface area contributed by atoms with Gasteiger partial charge in [-0.2, -0.15) is 0 Å². The molecule has 0 N–H and O–H groups in total. The zero-order valence-corrected chi connectivity index (χ0v) is 20.1. The highest BCUT2D eigenvalue weighted by atomic mass is 32.2. The van der Waals surface area contributed by atoms with E-state index in [2.05, 4.69) is 105 Å². The Balaban J connectivity index is 1.55. The molecule has 32 heavy (non-hydrogen) atoms. The molecule has 3 heteroatoms. The Hall–Kier alpha value is -2.62. The number of nitrogens with zero attached hydrogens (tertiary/aromatic N) is 1. The fourth-order valence-corrected chi connectivity index (χ4v) is 6.88. The van der Waals surface area contributed by atoms with Gasteiger partial charge in [-0.1, -0.05) is 75.4 Å². The van der Waals surface area contributed by atoms with E-state index in [9.17, 15) is 0 Å². The van der Waals surface area contributed by atoms with Crippen LogP contribution in [0.3, 0.4) is 0 Å². The Morgan fingerprint density at radius 3 is 2.59 bits per heavy atom. The molecule has 0 radical (unpaired) electrons. The summed E-state index contributed by atoms with van der Waals surface area (Å²) in [5, 5.41) is 6.55. The number of benzene rings is 2. The second kappa shape index (κ2) is 7.47. The molecule has 2 aromatic heterocycles. The van der Waals surface area contributed by atoms with Crippen molar-refractivity contribution >= 4 is 49.0 Å². The van der Waals surface area contributed by atoms with Crippen LogP contribution in [0.15, 0.2) is 84.3 Å². The maximum absolute atomic E-state index is 5.11. The monoisotopic (exact) mass is 451 g/mol. The molecule has 3 heterocycles. The molecule has 1 aliphatic carbocycles. The largest absolute Gasteiger partial charge is 0.237 e. The number of thiophene rings is 1. The van der Waals surface area contributed by atoms with E-state index in [0.29, 0.717) is 11.2 Å². The van der Waals surface area contributed by atoms with Crippen LogP contribution >= 0.6 is 23.1 Å². The standard InChI is InChI=1S/C29H25NS2/c1-29(2,3)24-15-20(14-18-8-4-6-10-21(18)24)25-17-23(22-12-13-31-28(22)30-25)27-16-19-9-5-7-11-26(19)32-27/h4-17,19,26H,1-3H3. The first kappa shape index (κ1) is 20.0. The SMILES string of the molecule is CC(C)(C)c1cc(-c2cc(C3=CC4C=CC=CC4S3)c3ccsc3n2)cc2ccccc12. The Kier molecular flexibility index (Phi) is 4.67. The highest BCUT2D eigenvalue weighted by Crippen LogP contribution is 2.47. The van der Waals surface area contributed by atoms with Gasteiger partial charge in [-0.25, -0.2) is 4.98 Å². The van der Waals surface area contributed by atoms with E-state index in [-0.39, 0.29) is 5.41 Å². The number of thioether (sulfide) groups is 1. The van der Waals surface area contributed by atoms with Crippen LogP contribution < -0.4 is 0 Å². The third-order valence-electron chi connectivity index (χ3n) is 6.40. The fraction of sp³-hybridized carbons (Fsp3) is 0.207. The molecule has 1 aliphatic heterocycles. The van der Waals surface area contributed by atoms with Crippen molar-refractivity contribution in [2.24, 2.45) is 5.92 Å². The normalized spacial score (nSPS) is 20.2. The van der Waals surface area contributed by atoms with Crippen LogP contribution in [0.25, 0.3) is 37.2 Å². The molecule has 2 aliphatic rings. The Labute approximate surface area is 197 Å². The molecule has 2 atom stereocenters. The summed E-state index contributed by atoms with van der Waals surface area (Å²) < 4.78 is 0. The summed E-state index contributed by atoms with van der Waals surface area (Å²) in [7, 11) is 0. The molecule has 1 nitrogen and oxygen atoms in total. The zero-order chi connectivity index (χ0) is 21.9. The minimum Gasteiger partial charge on any atom is -0.237 e. The Morgan fingerprint density at radius 1 is 0.906 bits per heavy atom. The van der Waals surface area contributed by atoms with Crippen LogP contribution in [-0.4, -0.2) is 10.2 Å². The predicted molar refractivity (Wildman–Crippen MR) is 142 cm³/mol. The van der Waals surface area contributed by atoms with Crippen molar-refractivity contribution in [1.82, 2.24) is 4.98 Å². The minimum absolute atomic E-state index is 0.0592. The van der Waals surface area contributed by atoms with E-state index in [4.69, 9.17) is 4.98 Å². The maximum Gasteiger partial charge on any atom is 0.124 e. The first-order valence-corrected chi connectivity index (χ1v) is 12.9. The number of pyridine rings is 1. The number of hydrogen-bond acceptors (Lipinski definition) is 3. The summed E-state index contributed by atoms with van der Waals surface area (Å²) in [6.45, 7) is 6.88. The lowest BCUT2D eigenvalue weighted by Crippen LogP contribution is -2.12. The van der Waals surface area contributed by atoms with Crippen molar-refractivity contribution in [1.29, 1.82) is 0 Å². The summed E-state index contributed by atoms with van der Waals surface area (Å²) in [5.41, 5.74) is 5.01. The second-order valence-electron chi connectivity index (χ2n) is 9.65. The van der Waals surface area contributed by atoms with E-state index >= 15 is 0 Å². The van der Waals surface area contributed by atoms with Gasteiger partial charge in [0, 0.05) is 32.6 Å². The lowest BCUT2D eigenvalue weighted by molar-refractivity contribution is 0.596. The summed E-state index contributed by atoms with van der Waals surface area (Å²) in [4.78, 5) is 7.60. The van der Waals surface area contributed by atoms with Crippen molar-refractivity contribution in [2.45, 2.75) is 31.4 Å². The minimum atomic E-state index is 0.0592. The van der Waals surface area contributed by atoms with Gasteiger partial charge in [0.15, 0.2) is 0 Å². The average molecular weight is 452 g/mol. The van der Waals surface area contributed by atoms with Gasteiger partial charge in [0.05, 0.1) is 5.69 Å². The lowest BCUT2D eigenvalue weighted by atomic mass is 9.82. The second-order valence-corrected chi connectivity index (χ2v) is 11.8. The van der Waals surface area contributed by atoms with E-state index in [1.807, 2.05) is 11.8 Å². The van der Waals surface area contributed by atoms with Gasteiger partial charge >= 0.3 is 0 Å². The third-order valence-corrected chi connectivity index (χ3v) is 8.56. The molecule has 158 valence electrons. The molecule has 2 aromatic carbocycles. The van der Waals surface area contributed by atoms with Crippen LogP contribution in [0.1, 0.15) is 31.9 Å². The summed E-state index contributed by atoms with van der Waals surface area (Å²) in [6.07, 6.45) is 11.4. The van der Waals surface area contributed by atoms with Crippen molar-refractivity contribution < 1.29 is 0 Å². The zero-order valence-electron chi connectivity index (χ0n) is 18.5. The summed E-state index contributed by atoms with van der Waals surface area (Å²) in [6, 6.07) is 17.9. The fourth-order valence-electron chi connectivity index (χ4n) is 4.77. The Bertz CT molecular complexity index is 1450. The quantitative estimate of drug-likeness (QED) is 0.302. The van der Waals surface area contributed by atoms with Gasteiger partial charge in [-0.05, 0) is 51.4 Å². The van der Waals surface area contributed by atoms with Gasteiger partial charge in [-0.3, -0.25) is 0 Å². The van der Waals surface area contributed by atoms with E-state index in [0.717, 1.165) is 10.5 Å². The number of fused-ring (bicyclic) bond motifs is 3. The van der Waals surface area contributed by atoms with Gasteiger partial charge in [0.2, 0.25) is 0 Å². The van der Waals surface area contributed by atoms with Gasteiger partial charge in [0.25, 0.3) is 0 Å². The van der Waals surface area contributed by atoms with Crippen LogP contribution in [0, 0.1) is 5.92 Å². The molecule has 0 spiro atoms. The average Bonchev–Trinajstić information content (AvgIpc) is 3.43. The molecular formula is C29H25NS2. The van der Waals surface area contributed by atoms with Crippen LogP contribution in [0.2, 0.25) is 0 Å². The van der Waals surface area contributed by atoms with Crippen molar-refractivity contribution in [2.75, 3.05) is 0 Å². The molecule has 0 fully saturated rings. The van der Waals surface area contributed by atoms with E-state index in [1.165, 1.54) is 37.8 Å². The molecule has 0 bridgehead atoms. The Morgan fingerprint density at radius 2 is 1.75 bits per heavy atom. The molecule has 6 rings (SSSR count). The predicted octanol–water partition coefficient (Wildman–Crippen LogP) is 8.61. The van der Waals surface area contributed by atoms with Gasteiger partial charge in [0.1, 0.15) is 4.83 Å². The van der Waals surface area contributed by atoms with Crippen molar-refractivity contribution in [3.8, 4) is 11.3 Å². The van der Waals surface area contributed by atoms with Crippen molar-refractivity contribution in [3.63, 3.8) is 0 Å². The number of aromatic nitrogens is 1. The molecule has 0 saturated heterocycles. The third kappa shape index (κ3) is 3.35. The lowest BCUT2D eigenvalue weighted by Gasteiger charge is -2.23. The summed E-state index contributed by atoms with van der Waals surface area (Å²) >= 11 is 3.71. The first-order chi connectivity index (χ1) is 15.5. The summed E-state index contributed by atoms with van der Waals surface area (Å²) in [5.74, 6) is 0.485. The molecule has 2 unspecified atom stereocenters. The highest BCUT2D eigenvalue weighted by molar-refractivity contribution is 8.09. The maximum atomic E-state index is 5.11. The number of hydrogen-bond donors (Lipinski definition) is 0. The van der Waals surface area contributed by atoms with Crippen molar-refractivity contribution in [3.05, 3.63) is 95.4 Å². The van der Waals surface area contributed by atoms with Crippen LogP contribution in [0.5, 0.6) is 0 Å². The van der Waals surface area contributed by atoms with Crippen LogP contribution in [0.4, 0.5) is 0 Å². The first-order valence-electron chi connectivity index (χ1n) is 11.1. The van der Waals surface area contributed by atoms with Crippen LogP contribution in [-0.2, 0) is 5.41 Å². The molecule has 0 saturated carbocycles. The number of allylic oxidation sites excluding steroid dienone is 4. The van der Waals surface area contributed by atoms with E-state index < -0.39 is 0 Å². The molecule has 4 aromatic rings.